The lowest BCUT2D eigenvalue weighted by atomic mass is 9.97. The van der Waals surface area contributed by atoms with Crippen LogP contribution in [0.3, 0.4) is 0 Å². The summed E-state index contributed by atoms with van der Waals surface area (Å²) in [7, 11) is -3.55. The first-order valence-corrected chi connectivity index (χ1v) is 11.4. The summed E-state index contributed by atoms with van der Waals surface area (Å²) in [5, 5.41) is 0.407. The zero-order valence-electron chi connectivity index (χ0n) is 16.0. The predicted molar refractivity (Wildman–Crippen MR) is 106 cm³/mol. The molecule has 2 aliphatic rings. The molecule has 1 aromatic carbocycles. The molecule has 3 rings (SSSR count). The van der Waals surface area contributed by atoms with Gasteiger partial charge in [0.05, 0.1) is 11.4 Å². The highest BCUT2D eigenvalue weighted by molar-refractivity contribution is 7.89. The number of carbonyl (C=O) groups is 1. The van der Waals surface area contributed by atoms with Crippen LogP contribution in [0, 0.1) is 0 Å². The van der Waals surface area contributed by atoms with Gasteiger partial charge in [-0.2, -0.15) is 4.31 Å². The molecule has 2 heterocycles. The zero-order valence-corrected chi connectivity index (χ0v) is 17.5. The Kier molecular flexibility index (Phi) is 6.46. The van der Waals surface area contributed by atoms with E-state index in [1.54, 1.807) is 18.2 Å². The molecule has 0 saturated carbocycles. The summed E-state index contributed by atoms with van der Waals surface area (Å²) >= 11 is 5.93. The second-order valence-corrected chi connectivity index (χ2v) is 9.94. The van der Waals surface area contributed by atoms with Gasteiger partial charge in [0.1, 0.15) is 0 Å². The molecule has 2 fully saturated rings. The van der Waals surface area contributed by atoms with E-state index >= 15 is 0 Å². The van der Waals surface area contributed by atoms with Crippen molar-refractivity contribution in [3.05, 3.63) is 29.3 Å². The predicted octanol–water partition coefficient (Wildman–Crippen LogP) is 2.44. The van der Waals surface area contributed by atoms with Crippen LogP contribution >= 0.6 is 11.6 Å². The first-order valence-electron chi connectivity index (χ1n) is 9.58. The van der Waals surface area contributed by atoms with Crippen LogP contribution in [0.15, 0.2) is 29.2 Å². The van der Waals surface area contributed by atoms with Crippen LogP contribution in [0.1, 0.15) is 33.1 Å². The minimum atomic E-state index is -3.55. The molecule has 2 aliphatic heterocycles. The fourth-order valence-electron chi connectivity index (χ4n) is 4.09. The van der Waals surface area contributed by atoms with E-state index in [9.17, 15) is 13.2 Å². The summed E-state index contributed by atoms with van der Waals surface area (Å²) in [6.45, 7) is 6.47. The maximum atomic E-state index is 12.8. The SMILES string of the molecule is C[C@H]1CCC[C@H](C)N1C(=O)CN1CCN(S(=O)(=O)c2cccc(Cl)c2)CC1. The third-order valence-electron chi connectivity index (χ3n) is 5.61. The Morgan fingerprint density at radius 1 is 1.11 bits per heavy atom. The van der Waals surface area contributed by atoms with Gasteiger partial charge in [-0.1, -0.05) is 17.7 Å². The number of nitrogens with zero attached hydrogens (tertiary/aromatic N) is 3. The van der Waals surface area contributed by atoms with Gasteiger partial charge in [0.2, 0.25) is 15.9 Å². The number of carbonyl (C=O) groups excluding carboxylic acids is 1. The van der Waals surface area contributed by atoms with Crippen molar-refractivity contribution in [1.82, 2.24) is 14.1 Å². The standard InChI is InChI=1S/C19H28ClN3O3S/c1-15-5-3-6-16(2)23(15)19(24)14-21-9-11-22(12-10-21)27(25,26)18-8-4-7-17(20)13-18/h4,7-8,13,15-16H,3,5-6,9-12,14H2,1-2H3/t15-,16-/m0/s1. The Bertz CT molecular complexity index is 768. The average Bonchev–Trinajstić information content (AvgIpc) is 2.62. The third-order valence-corrected chi connectivity index (χ3v) is 7.74. The summed E-state index contributed by atoms with van der Waals surface area (Å²) in [4.78, 5) is 17.0. The summed E-state index contributed by atoms with van der Waals surface area (Å²) in [5.74, 6) is 0.154. The Morgan fingerprint density at radius 3 is 2.33 bits per heavy atom. The lowest BCUT2D eigenvalue weighted by Gasteiger charge is -2.41. The molecule has 0 bridgehead atoms. The van der Waals surface area contributed by atoms with Gasteiger partial charge in [-0.3, -0.25) is 9.69 Å². The lowest BCUT2D eigenvalue weighted by molar-refractivity contribution is -0.138. The smallest absolute Gasteiger partial charge is 0.243 e. The number of sulfonamides is 1. The van der Waals surface area contributed by atoms with Crippen molar-refractivity contribution in [2.24, 2.45) is 0 Å². The molecule has 0 spiro atoms. The van der Waals surface area contributed by atoms with Gasteiger partial charge >= 0.3 is 0 Å². The molecular formula is C19H28ClN3O3S. The minimum absolute atomic E-state index is 0.154. The highest BCUT2D eigenvalue weighted by Gasteiger charge is 2.32. The van der Waals surface area contributed by atoms with Gasteiger partial charge < -0.3 is 4.90 Å². The second-order valence-electron chi connectivity index (χ2n) is 7.57. The number of piperazine rings is 1. The molecule has 1 amide bonds. The monoisotopic (exact) mass is 413 g/mol. The molecule has 0 N–H and O–H groups in total. The molecule has 150 valence electrons. The molecule has 2 saturated heterocycles. The van der Waals surface area contributed by atoms with Crippen LogP contribution in [-0.4, -0.2) is 73.2 Å². The Morgan fingerprint density at radius 2 is 1.74 bits per heavy atom. The van der Waals surface area contributed by atoms with Crippen LogP contribution in [-0.2, 0) is 14.8 Å². The van der Waals surface area contributed by atoms with Gasteiger partial charge in [0.25, 0.3) is 0 Å². The molecule has 8 heteroatoms. The summed E-state index contributed by atoms with van der Waals surface area (Å²) in [6.07, 6.45) is 3.29. The van der Waals surface area contributed by atoms with Gasteiger partial charge in [-0.15, -0.1) is 0 Å². The van der Waals surface area contributed by atoms with Crippen LogP contribution in [0.5, 0.6) is 0 Å². The molecular weight excluding hydrogens is 386 g/mol. The molecule has 2 atom stereocenters. The van der Waals surface area contributed by atoms with Crippen molar-refractivity contribution in [2.45, 2.75) is 50.1 Å². The first kappa shape index (κ1) is 20.6. The van der Waals surface area contributed by atoms with E-state index in [2.05, 4.69) is 18.7 Å². The van der Waals surface area contributed by atoms with Crippen LogP contribution in [0.4, 0.5) is 0 Å². The molecule has 1 aromatic rings. The summed E-state index contributed by atoms with van der Waals surface area (Å²) in [5.41, 5.74) is 0. The van der Waals surface area contributed by atoms with Gasteiger partial charge in [-0.05, 0) is 51.3 Å². The van der Waals surface area contributed by atoms with Crippen molar-refractivity contribution < 1.29 is 13.2 Å². The lowest BCUT2D eigenvalue weighted by Crippen LogP contribution is -2.54. The first-order chi connectivity index (χ1) is 12.8. The minimum Gasteiger partial charge on any atom is -0.336 e. The zero-order chi connectivity index (χ0) is 19.6. The maximum absolute atomic E-state index is 12.8. The van der Waals surface area contributed by atoms with Gasteiger partial charge in [0.15, 0.2) is 0 Å². The Hall–Kier alpha value is -1.15. The normalized spacial score (nSPS) is 25.5. The number of hydrogen-bond acceptors (Lipinski definition) is 4. The fraction of sp³-hybridized carbons (Fsp3) is 0.632. The number of benzene rings is 1. The van der Waals surface area contributed by atoms with Crippen LogP contribution < -0.4 is 0 Å². The molecule has 27 heavy (non-hydrogen) atoms. The third kappa shape index (κ3) is 4.65. The van der Waals surface area contributed by atoms with E-state index in [-0.39, 0.29) is 22.9 Å². The van der Waals surface area contributed by atoms with Crippen LogP contribution in [0.25, 0.3) is 0 Å². The van der Waals surface area contributed by atoms with Crippen molar-refractivity contribution in [1.29, 1.82) is 0 Å². The van der Waals surface area contributed by atoms with Crippen molar-refractivity contribution >= 4 is 27.5 Å². The van der Waals surface area contributed by atoms with E-state index in [1.807, 2.05) is 4.90 Å². The van der Waals surface area contributed by atoms with Gasteiger partial charge in [0, 0.05) is 43.3 Å². The molecule has 0 unspecified atom stereocenters. The maximum Gasteiger partial charge on any atom is 0.243 e. The number of piperidine rings is 1. The van der Waals surface area contributed by atoms with Crippen LogP contribution in [0.2, 0.25) is 5.02 Å². The number of rotatable bonds is 4. The van der Waals surface area contributed by atoms with Gasteiger partial charge in [-0.25, -0.2) is 8.42 Å². The number of halogens is 1. The second kappa shape index (κ2) is 8.47. The summed E-state index contributed by atoms with van der Waals surface area (Å²) < 4.78 is 27.0. The number of amides is 1. The number of hydrogen-bond donors (Lipinski definition) is 0. The fourth-order valence-corrected chi connectivity index (χ4v) is 5.81. The highest BCUT2D eigenvalue weighted by atomic mass is 35.5. The quantitative estimate of drug-likeness (QED) is 0.760. The number of likely N-dealkylation sites (tertiary alicyclic amines) is 1. The molecule has 0 aliphatic carbocycles. The van der Waals surface area contributed by atoms with E-state index in [1.165, 1.54) is 16.8 Å². The Labute approximate surface area is 167 Å². The highest BCUT2D eigenvalue weighted by Crippen LogP contribution is 2.24. The van der Waals surface area contributed by atoms with E-state index in [0.29, 0.717) is 37.7 Å². The van der Waals surface area contributed by atoms with E-state index in [0.717, 1.165) is 12.8 Å². The van der Waals surface area contributed by atoms with Crippen molar-refractivity contribution in [3.8, 4) is 0 Å². The Balaban J connectivity index is 1.58. The van der Waals surface area contributed by atoms with Crippen molar-refractivity contribution in [3.63, 3.8) is 0 Å². The average molecular weight is 414 g/mol. The van der Waals surface area contributed by atoms with Crippen molar-refractivity contribution in [2.75, 3.05) is 32.7 Å². The summed E-state index contributed by atoms with van der Waals surface area (Å²) in [6, 6.07) is 6.91. The largest absolute Gasteiger partial charge is 0.336 e. The molecule has 0 radical (unpaired) electrons. The van der Waals surface area contributed by atoms with E-state index in [4.69, 9.17) is 11.6 Å². The van der Waals surface area contributed by atoms with E-state index < -0.39 is 10.0 Å². The molecule has 0 aromatic heterocycles. The topological polar surface area (TPSA) is 60.9 Å². The molecule has 6 nitrogen and oxygen atoms in total.